The molecular formula is C18H20F2OS. The molecule has 0 spiro atoms. The second-order valence-electron chi connectivity index (χ2n) is 6.01. The average molecular weight is 322 g/mol. The number of fused-ring (bicyclic) bond motifs is 1. The summed E-state index contributed by atoms with van der Waals surface area (Å²) in [4.78, 5) is 2.12. The van der Waals surface area contributed by atoms with Crippen molar-refractivity contribution in [2.24, 2.45) is 5.92 Å². The summed E-state index contributed by atoms with van der Waals surface area (Å²) in [5.74, 6) is -1.02. The summed E-state index contributed by atoms with van der Waals surface area (Å²) in [6.07, 6.45) is 3.87. The standard InChI is InChI=1S/C18H20F2OS/c1-3-4-7-21-14-6-5-13(17(19)18(14)20)16-10-12-8-11(2)9-15(12)22-16/h5-6,10-11H,3-4,7-9H2,1-2H3. The molecule has 0 fully saturated rings. The Hall–Kier alpha value is -1.42. The van der Waals surface area contributed by atoms with Gasteiger partial charge in [-0.3, -0.25) is 0 Å². The molecule has 118 valence electrons. The van der Waals surface area contributed by atoms with Crippen LogP contribution < -0.4 is 4.74 Å². The summed E-state index contributed by atoms with van der Waals surface area (Å²) in [5.41, 5.74) is 1.63. The van der Waals surface area contributed by atoms with Crippen molar-refractivity contribution in [2.45, 2.75) is 39.5 Å². The van der Waals surface area contributed by atoms with E-state index in [1.807, 2.05) is 13.0 Å². The van der Waals surface area contributed by atoms with Crippen LogP contribution in [0.2, 0.25) is 0 Å². The molecule has 0 bridgehead atoms. The Kier molecular flexibility index (Phi) is 4.48. The van der Waals surface area contributed by atoms with Crippen LogP contribution in [-0.4, -0.2) is 6.61 Å². The number of unbranched alkanes of at least 4 members (excludes halogenated alkanes) is 1. The molecule has 1 aromatic heterocycles. The molecule has 4 heteroatoms. The molecule has 1 aliphatic rings. The topological polar surface area (TPSA) is 9.23 Å². The van der Waals surface area contributed by atoms with Crippen LogP contribution in [0.1, 0.15) is 37.1 Å². The fourth-order valence-corrected chi connectivity index (χ4v) is 4.24. The van der Waals surface area contributed by atoms with Gasteiger partial charge in [0.15, 0.2) is 11.6 Å². The number of hydrogen-bond acceptors (Lipinski definition) is 2. The molecule has 1 nitrogen and oxygen atoms in total. The molecule has 0 amide bonds. The lowest BCUT2D eigenvalue weighted by atomic mass is 10.1. The van der Waals surface area contributed by atoms with E-state index >= 15 is 0 Å². The smallest absolute Gasteiger partial charge is 0.201 e. The number of rotatable bonds is 5. The normalized spacial score (nSPS) is 16.8. The molecule has 2 aromatic rings. The second kappa shape index (κ2) is 6.37. The highest BCUT2D eigenvalue weighted by molar-refractivity contribution is 7.15. The van der Waals surface area contributed by atoms with Gasteiger partial charge in [-0.15, -0.1) is 11.3 Å². The first kappa shape index (κ1) is 15.5. The average Bonchev–Trinajstić information content (AvgIpc) is 3.01. The van der Waals surface area contributed by atoms with Gasteiger partial charge in [0.25, 0.3) is 0 Å². The van der Waals surface area contributed by atoms with Gasteiger partial charge in [0, 0.05) is 15.3 Å². The molecule has 0 aliphatic heterocycles. The Morgan fingerprint density at radius 1 is 1.23 bits per heavy atom. The molecule has 0 radical (unpaired) electrons. The molecule has 1 aliphatic carbocycles. The summed E-state index contributed by atoms with van der Waals surface area (Å²) in [7, 11) is 0. The molecule has 1 aromatic carbocycles. The third-order valence-corrected chi connectivity index (χ3v) is 5.30. The summed E-state index contributed by atoms with van der Waals surface area (Å²) >= 11 is 1.58. The number of halogens is 2. The Bertz CT molecular complexity index is 654. The quantitative estimate of drug-likeness (QED) is 0.650. The Labute approximate surface area is 133 Å². The lowest BCUT2D eigenvalue weighted by Crippen LogP contribution is -2.01. The van der Waals surface area contributed by atoms with E-state index in [9.17, 15) is 8.78 Å². The van der Waals surface area contributed by atoms with E-state index in [2.05, 4.69) is 6.92 Å². The molecule has 3 rings (SSSR count). The van der Waals surface area contributed by atoms with Crippen molar-refractivity contribution in [1.29, 1.82) is 0 Å². The second-order valence-corrected chi connectivity index (χ2v) is 7.15. The lowest BCUT2D eigenvalue weighted by Gasteiger charge is -2.09. The molecule has 1 atom stereocenters. The van der Waals surface area contributed by atoms with Crippen molar-refractivity contribution in [3.05, 3.63) is 40.3 Å². The van der Waals surface area contributed by atoms with Crippen molar-refractivity contribution < 1.29 is 13.5 Å². The molecule has 0 saturated heterocycles. The minimum Gasteiger partial charge on any atom is -0.490 e. The summed E-state index contributed by atoms with van der Waals surface area (Å²) in [6, 6.07) is 5.18. The van der Waals surface area contributed by atoms with Gasteiger partial charge in [0.2, 0.25) is 5.82 Å². The molecule has 1 heterocycles. The van der Waals surface area contributed by atoms with Crippen LogP contribution in [0.4, 0.5) is 8.78 Å². The number of benzene rings is 1. The van der Waals surface area contributed by atoms with Crippen molar-refractivity contribution in [1.82, 2.24) is 0 Å². The van der Waals surface area contributed by atoms with Gasteiger partial charge >= 0.3 is 0 Å². The Morgan fingerprint density at radius 3 is 2.77 bits per heavy atom. The number of hydrogen-bond donors (Lipinski definition) is 0. The fraction of sp³-hybridized carbons (Fsp3) is 0.444. The highest BCUT2D eigenvalue weighted by Gasteiger charge is 2.23. The molecule has 0 saturated carbocycles. The van der Waals surface area contributed by atoms with Crippen LogP contribution in [-0.2, 0) is 12.8 Å². The van der Waals surface area contributed by atoms with Crippen LogP contribution in [0.3, 0.4) is 0 Å². The predicted molar refractivity (Wildman–Crippen MR) is 86.6 cm³/mol. The fourth-order valence-electron chi connectivity index (χ4n) is 2.87. The third kappa shape index (κ3) is 2.89. The van der Waals surface area contributed by atoms with E-state index < -0.39 is 11.6 Å². The van der Waals surface area contributed by atoms with E-state index in [-0.39, 0.29) is 5.75 Å². The zero-order valence-electron chi connectivity index (χ0n) is 12.9. The van der Waals surface area contributed by atoms with Crippen LogP contribution in [0, 0.1) is 17.6 Å². The molecule has 1 unspecified atom stereocenters. The first-order chi connectivity index (χ1) is 10.6. The minimum atomic E-state index is -0.879. The molecule has 22 heavy (non-hydrogen) atoms. The first-order valence-corrected chi connectivity index (χ1v) is 8.64. The Balaban J connectivity index is 1.86. The summed E-state index contributed by atoms with van der Waals surface area (Å²) in [6.45, 7) is 4.66. The van der Waals surface area contributed by atoms with E-state index in [1.54, 1.807) is 17.4 Å². The van der Waals surface area contributed by atoms with Gasteiger partial charge in [-0.25, -0.2) is 4.39 Å². The van der Waals surface area contributed by atoms with Crippen molar-refractivity contribution in [3.8, 4) is 16.2 Å². The van der Waals surface area contributed by atoms with Gasteiger partial charge in [-0.05, 0) is 48.9 Å². The van der Waals surface area contributed by atoms with Crippen LogP contribution in [0.15, 0.2) is 18.2 Å². The van der Waals surface area contributed by atoms with Gasteiger partial charge in [0.05, 0.1) is 6.61 Å². The van der Waals surface area contributed by atoms with Crippen LogP contribution >= 0.6 is 11.3 Å². The largest absolute Gasteiger partial charge is 0.490 e. The third-order valence-electron chi connectivity index (χ3n) is 4.07. The van der Waals surface area contributed by atoms with Gasteiger partial charge < -0.3 is 4.74 Å². The van der Waals surface area contributed by atoms with Crippen molar-refractivity contribution >= 4 is 11.3 Å². The molecular weight excluding hydrogens is 302 g/mol. The van der Waals surface area contributed by atoms with Crippen LogP contribution in [0.5, 0.6) is 5.75 Å². The minimum absolute atomic E-state index is 0.00687. The van der Waals surface area contributed by atoms with E-state index in [0.717, 1.165) is 30.6 Å². The predicted octanol–water partition coefficient (Wildman–Crippen LogP) is 5.61. The number of thiophene rings is 1. The maximum atomic E-state index is 14.3. The first-order valence-electron chi connectivity index (χ1n) is 7.83. The Morgan fingerprint density at radius 2 is 2.05 bits per heavy atom. The maximum absolute atomic E-state index is 14.3. The highest BCUT2D eigenvalue weighted by Crippen LogP contribution is 2.40. The van der Waals surface area contributed by atoms with Crippen molar-refractivity contribution in [2.75, 3.05) is 6.61 Å². The van der Waals surface area contributed by atoms with Gasteiger partial charge in [0.1, 0.15) is 0 Å². The van der Waals surface area contributed by atoms with Gasteiger partial charge in [-0.2, -0.15) is 4.39 Å². The van der Waals surface area contributed by atoms with Crippen molar-refractivity contribution in [3.63, 3.8) is 0 Å². The maximum Gasteiger partial charge on any atom is 0.201 e. The summed E-state index contributed by atoms with van der Waals surface area (Å²) < 4.78 is 33.8. The zero-order chi connectivity index (χ0) is 15.7. The van der Waals surface area contributed by atoms with E-state index in [0.29, 0.717) is 18.1 Å². The van der Waals surface area contributed by atoms with E-state index in [4.69, 9.17) is 4.74 Å². The molecule has 0 N–H and O–H groups in total. The summed E-state index contributed by atoms with van der Waals surface area (Å²) in [5, 5.41) is 0. The van der Waals surface area contributed by atoms with E-state index in [1.165, 1.54) is 16.5 Å². The van der Waals surface area contributed by atoms with Gasteiger partial charge in [-0.1, -0.05) is 20.3 Å². The van der Waals surface area contributed by atoms with Crippen LogP contribution in [0.25, 0.3) is 10.4 Å². The highest BCUT2D eigenvalue weighted by atomic mass is 32.1. The zero-order valence-corrected chi connectivity index (χ0v) is 13.7. The number of ether oxygens (including phenoxy) is 1. The SMILES string of the molecule is CCCCOc1ccc(-c2cc3c(s2)CC(C)C3)c(F)c1F. The lowest BCUT2D eigenvalue weighted by molar-refractivity contribution is 0.289. The monoisotopic (exact) mass is 322 g/mol.